The molecule has 5 nitrogen and oxygen atoms in total. The number of hydrogen-bond donors (Lipinski definition) is 2. The van der Waals surface area contributed by atoms with Crippen molar-refractivity contribution in [2.75, 3.05) is 5.32 Å². The molecule has 1 aromatic carbocycles. The van der Waals surface area contributed by atoms with E-state index in [2.05, 4.69) is 15.5 Å². The molecule has 0 amide bonds. The summed E-state index contributed by atoms with van der Waals surface area (Å²) in [5.41, 5.74) is 0.777. The SMILES string of the molecule is O=c1[nH]nc(NCc2ccc(-c3cccc(Cl)c3)o2)c2c1=CCCC=2. The molecule has 0 aliphatic heterocycles. The van der Waals surface area contributed by atoms with Crippen LogP contribution < -0.4 is 21.3 Å². The lowest BCUT2D eigenvalue weighted by Gasteiger charge is -2.07. The normalized spacial score (nSPS) is 12.8. The first kappa shape index (κ1) is 15.7. The van der Waals surface area contributed by atoms with E-state index in [1.807, 2.05) is 48.6 Å². The van der Waals surface area contributed by atoms with Gasteiger partial charge in [0.25, 0.3) is 5.56 Å². The van der Waals surface area contributed by atoms with E-state index >= 15 is 0 Å². The number of hydrogen-bond acceptors (Lipinski definition) is 4. The fourth-order valence-electron chi connectivity index (χ4n) is 2.92. The van der Waals surface area contributed by atoms with E-state index in [4.69, 9.17) is 16.0 Å². The fraction of sp³-hybridized carbons (Fsp3) is 0.158. The number of H-pyrrole nitrogens is 1. The average molecular weight is 354 g/mol. The molecule has 126 valence electrons. The summed E-state index contributed by atoms with van der Waals surface area (Å²) in [6.45, 7) is 0.472. The van der Waals surface area contributed by atoms with Crippen LogP contribution in [-0.4, -0.2) is 10.2 Å². The highest BCUT2D eigenvalue weighted by molar-refractivity contribution is 6.30. The largest absolute Gasteiger partial charge is 0.459 e. The quantitative estimate of drug-likeness (QED) is 0.756. The minimum Gasteiger partial charge on any atom is -0.459 e. The van der Waals surface area contributed by atoms with Gasteiger partial charge in [-0.25, -0.2) is 5.10 Å². The number of nitrogens with zero attached hydrogens (tertiary/aromatic N) is 1. The predicted molar refractivity (Wildman–Crippen MR) is 98.8 cm³/mol. The first-order chi connectivity index (χ1) is 12.2. The third-order valence-corrected chi connectivity index (χ3v) is 4.36. The van der Waals surface area contributed by atoms with Crippen LogP contribution in [0.15, 0.2) is 45.6 Å². The molecule has 2 heterocycles. The van der Waals surface area contributed by atoms with Crippen LogP contribution in [0, 0.1) is 0 Å². The van der Waals surface area contributed by atoms with Crippen molar-refractivity contribution in [1.29, 1.82) is 0 Å². The van der Waals surface area contributed by atoms with Crippen LogP contribution >= 0.6 is 11.6 Å². The van der Waals surface area contributed by atoms with E-state index < -0.39 is 0 Å². The van der Waals surface area contributed by atoms with Gasteiger partial charge in [0.05, 0.1) is 6.54 Å². The van der Waals surface area contributed by atoms with Crippen LogP contribution in [0.25, 0.3) is 23.5 Å². The van der Waals surface area contributed by atoms with Crippen molar-refractivity contribution >= 4 is 29.6 Å². The summed E-state index contributed by atoms with van der Waals surface area (Å²) in [6, 6.07) is 11.4. The maximum Gasteiger partial charge on any atom is 0.271 e. The molecular weight excluding hydrogens is 338 g/mol. The minimum absolute atomic E-state index is 0.155. The van der Waals surface area contributed by atoms with Crippen molar-refractivity contribution in [3.8, 4) is 11.3 Å². The van der Waals surface area contributed by atoms with E-state index in [9.17, 15) is 4.79 Å². The number of furan rings is 1. The summed E-state index contributed by atoms with van der Waals surface area (Å²) >= 11 is 6.03. The number of nitrogens with one attached hydrogen (secondary N) is 2. The molecule has 6 heteroatoms. The Morgan fingerprint density at radius 2 is 2.00 bits per heavy atom. The summed E-state index contributed by atoms with van der Waals surface area (Å²) in [6.07, 6.45) is 5.78. The molecule has 0 atom stereocenters. The Hall–Kier alpha value is -2.79. The van der Waals surface area contributed by atoms with Gasteiger partial charge < -0.3 is 9.73 Å². The molecule has 0 radical (unpaired) electrons. The highest BCUT2D eigenvalue weighted by Gasteiger charge is 2.08. The van der Waals surface area contributed by atoms with Crippen molar-refractivity contribution in [1.82, 2.24) is 10.2 Å². The molecule has 2 aromatic heterocycles. The van der Waals surface area contributed by atoms with Crippen molar-refractivity contribution < 1.29 is 4.42 Å². The predicted octanol–water partition coefficient (Wildman–Crippen LogP) is 2.65. The summed E-state index contributed by atoms with van der Waals surface area (Å²) in [7, 11) is 0. The smallest absolute Gasteiger partial charge is 0.271 e. The highest BCUT2D eigenvalue weighted by Crippen LogP contribution is 2.24. The van der Waals surface area contributed by atoms with Crippen LogP contribution in [0.5, 0.6) is 0 Å². The van der Waals surface area contributed by atoms with E-state index in [0.717, 1.165) is 35.1 Å². The van der Waals surface area contributed by atoms with Gasteiger partial charge in [-0.3, -0.25) is 4.79 Å². The van der Waals surface area contributed by atoms with Gasteiger partial charge in [-0.1, -0.05) is 35.9 Å². The lowest BCUT2D eigenvalue weighted by molar-refractivity contribution is 0.531. The maximum atomic E-state index is 11.9. The lowest BCUT2D eigenvalue weighted by Crippen LogP contribution is -2.44. The van der Waals surface area contributed by atoms with Gasteiger partial charge >= 0.3 is 0 Å². The summed E-state index contributed by atoms with van der Waals surface area (Å²) in [4.78, 5) is 11.9. The molecule has 0 saturated heterocycles. The number of rotatable bonds is 4. The molecule has 4 rings (SSSR count). The van der Waals surface area contributed by atoms with Crippen LogP contribution in [0.2, 0.25) is 5.02 Å². The molecule has 25 heavy (non-hydrogen) atoms. The second kappa shape index (κ2) is 6.61. The molecule has 1 aliphatic carbocycles. The number of benzene rings is 1. The molecule has 0 unspecified atom stereocenters. The summed E-state index contributed by atoms with van der Waals surface area (Å²) in [5, 5.41) is 12.1. The minimum atomic E-state index is -0.155. The summed E-state index contributed by atoms with van der Waals surface area (Å²) in [5.74, 6) is 2.19. The van der Waals surface area contributed by atoms with E-state index in [1.165, 1.54) is 0 Å². The third-order valence-electron chi connectivity index (χ3n) is 4.12. The van der Waals surface area contributed by atoms with E-state index in [1.54, 1.807) is 0 Å². The monoisotopic (exact) mass is 353 g/mol. The zero-order valence-electron chi connectivity index (χ0n) is 13.4. The first-order valence-electron chi connectivity index (χ1n) is 8.08. The molecule has 0 bridgehead atoms. The van der Waals surface area contributed by atoms with Gasteiger partial charge in [0.15, 0.2) is 5.82 Å². The topological polar surface area (TPSA) is 70.9 Å². The number of halogens is 1. The molecule has 3 aromatic rings. The van der Waals surface area contributed by atoms with Gasteiger partial charge in [0.2, 0.25) is 0 Å². The zero-order chi connectivity index (χ0) is 17.2. The highest BCUT2D eigenvalue weighted by atomic mass is 35.5. The van der Waals surface area contributed by atoms with Crippen LogP contribution in [0.1, 0.15) is 18.6 Å². The Morgan fingerprint density at radius 3 is 2.84 bits per heavy atom. The Labute approximate surface area is 148 Å². The van der Waals surface area contributed by atoms with Crippen molar-refractivity contribution in [3.05, 3.63) is 68.0 Å². The molecule has 0 spiro atoms. The van der Waals surface area contributed by atoms with Gasteiger partial charge in [-0.15, -0.1) is 0 Å². The van der Waals surface area contributed by atoms with Crippen LogP contribution in [0.4, 0.5) is 5.82 Å². The number of anilines is 1. The molecule has 0 fully saturated rings. The van der Waals surface area contributed by atoms with Gasteiger partial charge in [0, 0.05) is 21.0 Å². The second-order valence-electron chi connectivity index (χ2n) is 5.84. The number of aromatic amines is 1. The number of aromatic nitrogens is 2. The first-order valence-corrected chi connectivity index (χ1v) is 8.46. The third kappa shape index (κ3) is 3.23. The zero-order valence-corrected chi connectivity index (χ0v) is 14.1. The molecule has 0 saturated carbocycles. The van der Waals surface area contributed by atoms with E-state index in [-0.39, 0.29) is 5.56 Å². The Morgan fingerprint density at radius 1 is 1.16 bits per heavy atom. The maximum absolute atomic E-state index is 11.9. The Kier molecular flexibility index (Phi) is 4.15. The van der Waals surface area contributed by atoms with Crippen LogP contribution in [0.3, 0.4) is 0 Å². The van der Waals surface area contributed by atoms with Gasteiger partial charge in [-0.05, 0) is 37.1 Å². The molecular formula is C19H16ClN3O2. The second-order valence-corrected chi connectivity index (χ2v) is 6.28. The number of fused-ring (bicyclic) bond motifs is 1. The summed E-state index contributed by atoms with van der Waals surface area (Å²) < 4.78 is 5.88. The van der Waals surface area contributed by atoms with E-state index in [0.29, 0.717) is 22.6 Å². The fourth-order valence-corrected chi connectivity index (χ4v) is 3.11. The van der Waals surface area contributed by atoms with Crippen LogP contribution in [-0.2, 0) is 6.54 Å². The molecule has 1 aliphatic rings. The molecule has 2 N–H and O–H groups in total. The Balaban J connectivity index is 1.57. The Bertz CT molecular complexity index is 1100. The standard InChI is InChI=1S/C19H16ClN3O2/c20-13-5-3-4-12(10-13)17-9-8-14(25-17)11-21-18-15-6-1-2-7-16(15)19(24)23-22-18/h3-10H,1-2,11H2,(H,21,22)(H,23,24). The van der Waals surface area contributed by atoms with Gasteiger partial charge in [0.1, 0.15) is 11.5 Å². The van der Waals surface area contributed by atoms with Crippen molar-refractivity contribution in [2.45, 2.75) is 19.4 Å². The van der Waals surface area contributed by atoms with Crippen molar-refractivity contribution in [2.24, 2.45) is 0 Å². The lowest BCUT2D eigenvalue weighted by atomic mass is 10.1. The average Bonchev–Trinajstić information content (AvgIpc) is 3.11. The van der Waals surface area contributed by atoms with Gasteiger partial charge in [-0.2, -0.15) is 5.10 Å². The van der Waals surface area contributed by atoms with Crippen molar-refractivity contribution in [3.63, 3.8) is 0 Å².